The molecule has 0 aliphatic carbocycles. The number of carboxylic acid groups (broad SMARTS) is 1. The van der Waals surface area contributed by atoms with Crippen LogP contribution in [-0.4, -0.2) is 29.0 Å². The van der Waals surface area contributed by atoms with Crippen molar-refractivity contribution in [3.05, 3.63) is 29.3 Å². The van der Waals surface area contributed by atoms with Crippen molar-refractivity contribution >= 4 is 29.3 Å². The lowest BCUT2D eigenvalue weighted by molar-refractivity contribution is -0.113. The lowest BCUT2D eigenvalue weighted by Gasteiger charge is -2.06. The van der Waals surface area contributed by atoms with Crippen LogP contribution in [0.25, 0.3) is 0 Å². The fourth-order valence-electron chi connectivity index (χ4n) is 1.31. The first-order valence-corrected chi connectivity index (χ1v) is 6.06. The Bertz CT molecular complexity index is 418. The van der Waals surface area contributed by atoms with Gasteiger partial charge in [0.25, 0.3) is 0 Å². The summed E-state index contributed by atoms with van der Waals surface area (Å²) in [4.78, 5) is 22.1. The normalized spacial score (nSPS) is 9.88. The van der Waals surface area contributed by atoms with Crippen LogP contribution in [0.15, 0.2) is 18.2 Å². The summed E-state index contributed by atoms with van der Waals surface area (Å²) >= 11 is 1.44. The van der Waals surface area contributed by atoms with Gasteiger partial charge in [-0.3, -0.25) is 4.79 Å². The van der Waals surface area contributed by atoms with E-state index in [2.05, 4.69) is 5.32 Å². The molecule has 0 saturated carbocycles. The van der Waals surface area contributed by atoms with Crippen LogP contribution in [0, 0.1) is 6.92 Å². The van der Waals surface area contributed by atoms with Gasteiger partial charge in [-0.05, 0) is 36.9 Å². The molecule has 0 aliphatic heterocycles. The lowest BCUT2D eigenvalue weighted by Crippen LogP contribution is -2.14. The SMILES string of the molecule is CSCC(=O)Nc1ccc(C(=O)O)c(C)c1. The summed E-state index contributed by atoms with van der Waals surface area (Å²) < 4.78 is 0. The third kappa shape index (κ3) is 3.27. The summed E-state index contributed by atoms with van der Waals surface area (Å²) in [5.74, 6) is -0.658. The smallest absolute Gasteiger partial charge is 0.335 e. The van der Waals surface area contributed by atoms with Gasteiger partial charge in [0.15, 0.2) is 0 Å². The number of hydrogen-bond acceptors (Lipinski definition) is 3. The number of thioether (sulfide) groups is 1. The first-order chi connectivity index (χ1) is 7.54. The molecular weight excluding hydrogens is 226 g/mol. The summed E-state index contributed by atoms with van der Waals surface area (Å²) in [5.41, 5.74) is 1.51. The van der Waals surface area contributed by atoms with Gasteiger partial charge in [-0.1, -0.05) is 0 Å². The molecule has 0 spiro atoms. The highest BCUT2D eigenvalue weighted by Gasteiger charge is 2.08. The maximum Gasteiger partial charge on any atom is 0.335 e. The van der Waals surface area contributed by atoms with Gasteiger partial charge in [-0.25, -0.2) is 4.79 Å². The van der Waals surface area contributed by atoms with Crippen molar-refractivity contribution in [3.63, 3.8) is 0 Å². The third-order valence-corrected chi connectivity index (χ3v) is 2.57. The number of benzene rings is 1. The molecule has 1 amide bonds. The minimum Gasteiger partial charge on any atom is -0.478 e. The number of anilines is 1. The van der Waals surface area contributed by atoms with Crippen LogP contribution in [0.5, 0.6) is 0 Å². The van der Waals surface area contributed by atoms with E-state index in [1.807, 2.05) is 6.26 Å². The van der Waals surface area contributed by atoms with Crippen LogP contribution in [0.3, 0.4) is 0 Å². The number of hydrogen-bond donors (Lipinski definition) is 2. The second kappa shape index (κ2) is 5.55. The van der Waals surface area contributed by atoms with Crippen molar-refractivity contribution in [1.29, 1.82) is 0 Å². The molecule has 0 aromatic heterocycles. The highest BCUT2D eigenvalue weighted by atomic mass is 32.2. The van der Waals surface area contributed by atoms with Gasteiger partial charge in [0.05, 0.1) is 11.3 Å². The van der Waals surface area contributed by atoms with Crippen molar-refractivity contribution in [1.82, 2.24) is 0 Å². The molecule has 2 N–H and O–H groups in total. The summed E-state index contributed by atoms with van der Waals surface area (Å²) in [6.45, 7) is 1.70. The van der Waals surface area contributed by atoms with E-state index in [0.717, 1.165) is 0 Å². The molecule has 5 heteroatoms. The molecule has 1 aromatic carbocycles. The standard InChI is InChI=1S/C11H13NO3S/c1-7-5-8(12-10(13)6-16-2)3-4-9(7)11(14)15/h3-5H,6H2,1-2H3,(H,12,13)(H,14,15). The van der Waals surface area contributed by atoms with E-state index >= 15 is 0 Å². The Hall–Kier alpha value is -1.49. The minimum atomic E-state index is -0.959. The van der Waals surface area contributed by atoms with Crippen molar-refractivity contribution in [3.8, 4) is 0 Å². The zero-order chi connectivity index (χ0) is 12.1. The molecule has 4 nitrogen and oxygen atoms in total. The van der Waals surface area contributed by atoms with E-state index in [1.165, 1.54) is 17.8 Å². The topological polar surface area (TPSA) is 66.4 Å². The van der Waals surface area contributed by atoms with E-state index in [4.69, 9.17) is 5.11 Å². The molecule has 0 unspecified atom stereocenters. The zero-order valence-corrected chi connectivity index (χ0v) is 9.93. The van der Waals surface area contributed by atoms with Gasteiger partial charge in [-0.15, -0.1) is 0 Å². The second-order valence-electron chi connectivity index (χ2n) is 3.32. The summed E-state index contributed by atoms with van der Waals surface area (Å²) in [6, 6.07) is 4.74. The van der Waals surface area contributed by atoms with Crippen LogP contribution in [0.1, 0.15) is 15.9 Å². The molecule has 0 atom stereocenters. The molecule has 1 rings (SSSR count). The van der Waals surface area contributed by atoms with Gasteiger partial charge in [0.2, 0.25) is 5.91 Å². The quantitative estimate of drug-likeness (QED) is 0.843. The van der Waals surface area contributed by atoms with Crippen molar-refractivity contribution in [2.75, 3.05) is 17.3 Å². The van der Waals surface area contributed by atoms with Crippen LogP contribution >= 0.6 is 11.8 Å². The van der Waals surface area contributed by atoms with Crippen LogP contribution in [0.4, 0.5) is 5.69 Å². The molecule has 0 heterocycles. The number of carboxylic acids is 1. The van der Waals surface area contributed by atoms with Gasteiger partial charge >= 0.3 is 5.97 Å². The van der Waals surface area contributed by atoms with Crippen LogP contribution in [-0.2, 0) is 4.79 Å². The number of aromatic carboxylic acids is 1. The predicted molar refractivity (Wildman–Crippen MR) is 65.2 cm³/mol. The Morgan fingerprint density at radius 2 is 2.12 bits per heavy atom. The molecule has 16 heavy (non-hydrogen) atoms. The van der Waals surface area contributed by atoms with Crippen LogP contribution < -0.4 is 5.32 Å². The first-order valence-electron chi connectivity index (χ1n) is 4.67. The molecule has 0 bridgehead atoms. The Morgan fingerprint density at radius 3 is 2.62 bits per heavy atom. The predicted octanol–water partition coefficient (Wildman–Crippen LogP) is 1.99. The van der Waals surface area contributed by atoms with Crippen LogP contribution in [0.2, 0.25) is 0 Å². The van der Waals surface area contributed by atoms with E-state index in [-0.39, 0.29) is 11.5 Å². The Morgan fingerprint density at radius 1 is 1.44 bits per heavy atom. The number of aryl methyl sites for hydroxylation is 1. The van der Waals surface area contributed by atoms with Crippen molar-refractivity contribution < 1.29 is 14.7 Å². The zero-order valence-electron chi connectivity index (χ0n) is 9.11. The largest absolute Gasteiger partial charge is 0.478 e. The molecule has 86 valence electrons. The Kier molecular flexibility index (Phi) is 4.37. The maximum absolute atomic E-state index is 11.3. The molecule has 0 fully saturated rings. The highest BCUT2D eigenvalue weighted by Crippen LogP contribution is 2.15. The molecule has 0 saturated heterocycles. The fraction of sp³-hybridized carbons (Fsp3) is 0.273. The average molecular weight is 239 g/mol. The van der Waals surface area contributed by atoms with Crippen molar-refractivity contribution in [2.45, 2.75) is 6.92 Å². The summed E-state index contributed by atoms with van der Waals surface area (Å²) in [7, 11) is 0. The number of carbonyl (C=O) groups is 2. The molecule has 0 radical (unpaired) electrons. The van der Waals surface area contributed by atoms with Gasteiger partial charge in [0, 0.05) is 5.69 Å². The molecule has 1 aromatic rings. The number of amides is 1. The first kappa shape index (κ1) is 12.6. The number of rotatable bonds is 4. The average Bonchev–Trinajstić information content (AvgIpc) is 2.17. The van der Waals surface area contributed by atoms with Gasteiger partial charge in [-0.2, -0.15) is 11.8 Å². The van der Waals surface area contributed by atoms with E-state index in [1.54, 1.807) is 19.1 Å². The Labute approximate surface area is 98.0 Å². The maximum atomic E-state index is 11.3. The third-order valence-electron chi connectivity index (χ3n) is 2.02. The molecular formula is C11H13NO3S. The van der Waals surface area contributed by atoms with Gasteiger partial charge in [0.1, 0.15) is 0 Å². The monoisotopic (exact) mass is 239 g/mol. The van der Waals surface area contributed by atoms with E-state index in [9.17, 15) is 9.59 Å². The fourth-order valence-corrected chi connectivity index (χ4v) is 1.64. The second-order valence-corrected chi connectivity index (χ2v) is 4.18. The van der Waals surface area contributed by atoms with Crippen molar-refractivity contribution in [2.24, 2.45) is 0 Å². The summed E-state index contributed by atoms with van der Waals surface area (Å²) in [5, 5.41) is 11.5. The number of carbonyl (C=O) groups excluding carboxylic acids is 1. The highest BCUT2D eigenvalue weighted by molar-refractivity contribution is 7.99. The van der Waals surface area contributed by atoms with E-state index in [0.29, 0.717) is 17.0 Å². The van der Waals surface area contributed by atoms with E-state index < -0.39 is 5.97 Å². The Balaban J connectivity index is 2.81. The summed E-state index contributed by atoms with van der Waals surface area (Å²) in [6.07, 6.45) is 1.85. The number of nitrogens with one attached hydrogen (secondary N) is 1. The minimum absolute atomic E-state index is 0.0880. The lowest BCUT2D eigenvalue weighted by atomic mass is 10.1. The molecule has 0 aliphatic rings. The van der Waals surface area contributed by atoms with Gasteiger partial charge < -0.3 is 10.4 Å².